The first-order valence-electron chi connectivity index (χ1n) is 14.2. The van der Waals surface area contributed by atoms with E-state index in [1.165, 1.54) is 24.0 Å². The minimum atomic E-state index is -0.882. The van der Waals surface area contributed by atoms with E-state index in [-0.39, 0.29) is 24.1 Å². The number of methoxy groups -OCH3 is 1. The fraction of sp³-hybridized carbons (Fsp3) is 0.531. The molecule has 1 spiro atoms. The number of piperidine rings is 1. The summed E-state index contributed by atoms with van der Waals surface area (Å²) in [5, 5.41) is 12.7. The Bertz CT molecular complexity index is 1320. The maximum absolute atomic E-state index is 13.5. The molecule has 2 aliphatic heterocycles. The summed E-state index contributed by atoms with van der Waals surface area (Å²) < 4.78 is 12.6. The normalized spacial score (nSPS) is 33.1. The minimum absolute atomic E-state index is 0.0383. The number of benzene rings is 2. The predicted molar refractivity (Wildman–Crippen MR) is 146 cm³/mol. The topological polar surface area (TPSA) is 62.2 Å². The fourth-order valence-electron chi connectivity index (χ4n) is 8.22. The van der Waals surface area contributed by atoms with Crippen molar-refractivity contribution < 1.29 is 19.4 Å². The lowest BCUT2D eigenvalue weighted by atomic mass is 9.48. The highest BCUT2D eigenvalue weighted by Gasteiger charge is 2.73. The van der Waals surface area contributed by atoms with Crippen LogP contribution in [0, 0.1) is 12.8 Å². The van der Waals surface area contributed by atoms with E-state index in [1.807, 2.05) is 36.2 Å². The molecule has 0 aromatic heterocycles. The monoisotopic (exact) mass is 514 g/mol. The number of likely N-dealkylation sites (N-methyl/N-ethyl adjacent to an activating group) is 1. The average Bonchev–Trinajstić information content (AvgIpc) is 3.66. The van der Waals surface area contributed by atoms with Gasteiger partial charge in [0, 0.05) is 31.3 Å². The van der Waals surface area contributed by atoms with Crippen molar-refractivity contribution in [2.24, 2.45) is 5.92 Å². The van der Waals surface area contributed by atoms with Crippen LogP contribution in [0.5, 0.6) is 11.5 Å². The Morgan fingerprint density at radius 2 is 2.08 bits per heavy atom. The SMILES string of the molecule is COc1ccc2c3c1O[C@H]1[C@@H](N(C)C(=O)C=Cc4cccc(C)c4)CC[C@@]4(O)[C@@H](C2)N(CC2CC2)CC[C@]314. The molecule has 2 aromatic rings. The van der Waals surface area contributed by atoms with Crippen molar-refractivity contribution in [3.05, 3.63) is 64.7 Å². The van der Waals surface area contributed by atoms with Crippen molar-refractivity contribution in [3.8, 4) is 11.5 Å². The summed E-state index contributed by atoms with van der Waals surface area (Å²) >= 11 is 0. The first-order valence-corrected chi connectivity index (χ1v) is 14.2. The number of amides is 1. The average molecular weight is 515 g/mol. The number of hydrogen-bond acceptors (Lipinski definition) is 5. The van der Waals surface area contributed by atoms with Crippen molar-refractivity contribution in [1.29, 1.82) is 0 Å². The quantitative estimate of drug-likeness (QED) is 0.588. The van der Waals surface area contributed by atoms with Crippen LogP contribution >= 0.6 is 0 Å². The number of hydrogen-bond donors (Lipinski definition) is 1. The van der Waals surface area contributed by atoms with Gasteiger partial charge in [0.15, 0.2) is 11.5 Å². The van der Waals surface area contributed by atoms with Crippen molar-refractivity contribution in [1.82, 2.24) is 9.80 Å². The molecule has 7 rings (SSSR count). The van der Waals surface area contributed by atoms with E-state index in [0.29, 0.717) is 12.8 Å². The van der Waals surface area contributed by atoms with Crippen LogP contribution in [0.25, 0.3) is 6.08 Å². The number of carbonyl (C=O) groups is 1. The third-order valence-corrected chi connectivity index (χ3v) is 10.2. The van der Waals surface area contributed by atoms with Gasteiger partial charge in [0.25, 0.3) is 0 Å². The third kappa shape index (κ3) is 3.35. The molecule has 5 atom stereocenters. The van der Waals surface area contributed by atoms with Crippen LogP contribution in [0.3, 0.4) is 0 Å². The van der Waals surface area contributed by atoms with E-state index >= 15 is 0 Å². The second-order valence-corrected chi connectivity index (χ2v) is 12.3. The lowest BCUT2D eigenvalue weighted by Crippen LogP contribution is -2.78. The summed E-state index contributed by atoms with van der Waals surface area (Å²) in [6.45, 7) is 4.09. The highest BCUT2D eigenvalue weighted by atomic mass is 16.5. The molecule has 3 aliphatic carbocycles. The van der Waals surface area contributed by atoms with Gasteiger partial charge in [-0.25, -0.2) is 0 Å². The smallest absolute Gasteiger partial charge is 0.246 e. The fourth-order valence-corrected chi connectivity index (χ4v) is 8.22. The van der Waals surface area contributed by atoms with Gasteiger partial charge in [-0.1, -0.05) is 35.9 Å². The van der Waals surface area contributed by atoms with Gasteiger partial charge in [-0.05, 0) is 81.2 Å². The second-order valence-electron chi connectivity index (χ2n) is 12.3. The zero-order valence-electron chi connectivity index (χ0n) is 22.7. The molecule has 0 radical (unpaired) electrons. The Labute approximate surface area is 225 Å². The molecule has 200 valence electrons. The summed E-state index contributed by atoms with van der Waals surface area (Å²) in [6.07, 6.45) is 8.92. The van der Waals surface area contributed by atoms with Gasteiger partial charge in [-0.15, -0.1) is 0 Å². The molecule has 1 saturated heterocycles. The Kier molecular flexibility index (Phi) is 5.47. The van der Waals surface area contributed by atoms with Crippen LogP contribution < -0.4 is 9.47 Å². The minimum Gasteiger partial charge on any atom is -0.493 e. The van der Waals surface area contributed by atoms with Gasteiger partial charge in [0.2, 0.25) is 5.91 Å². The Balaban J connectivity index is 1.26. The van der Waals surface area contributed by atoms with Crippen LogP contribution in [-0.2, 0) is 16.6 Å². The summed E-state index contributed by atoms with van der Waals surface area (Å²) in [6, 6.07) is 12.3. The summed E-state index contributed by atoms with van der Waals surface area (Å²) in [4.78, 5) is 17.9. The lowest BCUT2D eigenvalue weighted by Gasteiger charge is -2.64. The number of aryl methyl sites for hydroxylation is 1. The van der Waals surface area contributed by atoms with Gasteiger partial charge >= 0.3 is 0 Å². The van der Waals surface area contributed by atoms with E-state index in [1.54, 1.807) is 13.2 Å². The Morgan fingerprint density at radius 1 is 1.24 bits per heavy atom. The van der Waals surface area contributed by atoms with Gasteiger partial charge in [-0.3, -0.25) is 9.69 Å². The zero-order chi connectivity index (χ0) is 26.2. The first kappa shape index (κ1) is 24.2. The van der Waals surface area contributed by atoms with Crippen molar-refractivity contribution in [3.63, 3.8) is 0 Å². The Hall–Kier alpha value is -2.83. The zero-order valence-corrected chi connectivity index (χ0v) is 22.7. The molecule has 1 N–H and O–H groups in total. The van der Waals surface area contributed by atoms with Crippen LogP contribution in [0.1, 0.15) is 54.4 Å². The highest BCUT2D eigenvalue weighted by molar-refractivity contribution is 5.92. The van der Waals surface area contributed by atoms with Crippen molar-refractivity contribution >= 4 is 12.0 Å². The molecule has 0 unspecified atom stereocenters. The molecule has 1 amide bonds. The van der Waals surface area contributed by atoms with E-state index in [0.717, 1.165) is 54.5 Å². The van der Waals surface area contributed by atoms with Crippen LogP contribution in [0.4, 0.5) is 0 Å². The number of nitrogens with zero attached hydrogens (tertiary/aromatic N) is 2. The standard InChI is InChI=1S/C32H38N2O4/c1-20-5-4-6-21(17-20)9-12-27(35)33(2)24-13-14-32(36)26-18-23-10-11-25(37-3)29-28(23)31(32,30(24)38-29)15-16-34(26)19-22-7-8-22/h4-6,9-12,17,22,24,26,30,36H,7-8,13-16,18-19H2,1-3H3/t24-,26+,30-,31-,32+/m0/s1. The maximum Gasteiger partial charge on any atom is 0.246 e. The maximum atomic E-state index is 13.5. The molecule has 2 heterocycles. The van der Waals surface area contributed by atoms with Crippen molar-refractivity contribution in [2.45, 2.75) is 74.7 Å². The predicted octanol–water partition coefficient (Wildman–Crippen LogP) is 4.11. The van der Waals surface area contributed by atoms with Gasteiger partial charge in [0.1, 0.15) is 6.10 Å². The van der Waals surface area contributed by atoms with E-state index in [2.05, 4.69) is 30.0 Å². The number of rotatable bonds is 6. The summed E-state index contributed by atoms with van der Waals surface area (Å²) in [5.74, 6) is 2.24. The van der Waals surface area contributed by atoms with E-state index < -0.39 is 11.0 Å². The molecule has 6 heteroatoms. The number of aliphatic hydroxyl groups is 1. The molecule has 5 aliphatic rings. The molecule has 2 bridgehead atoms. The lowest BCUT2D eigenvalue weighted by molar-refractivity contribution is -0.200. The van der Waals surface area contributed by atoms with Crippen LogP contribution in [0.2, 0.25) is 0 Å². The molecular weight excluding hydrogens is 476 g/mol. The number of carbonyl (C=O) groups excluding carboxylic acids is 1. The highest BCUT2D eigenvalue weighted by Crippen LogP contribution is 2.66. The van der Waals surface area contributed by atoms with Crippen molar-refractivity contribution in [2.75, 3.05) is 27.2 Å². The second kappa shape index (κ2) is 8.59. The molecular formula is C32H38N2O4. The van der Waals surface area contributed by atoms with E-state index in [9.17, 15) is 9.90 Å². The first-order chi connectivity index (χ1) is 18.4. The number of likely N-dealkylation sites (tertiary alicyclic amines) is 1. The molecule has 6 nitrogen and oxygen atoms in total. The largest absolute Gasteiger partial charge is 0.493 e. The van der Waals surface area contributed by atoms with E-state index in [4.69, 9.17) is 9.47 Å². The number of ether oxygens (including phenoxy) is 2. The van der Waals surface area contributed by atoms with Gasteiger partial charge < -0.3 is 19.5 Å². The van der Waals surface area contributed by atoms with Gasteiger partial charge in [0.05, 0.1) is 24.2 Å². The Morgan fingerprint density at radius 3 is 2.84 bits per heavy atom. The summed E-state index contributed by atoms with van der Waals surface area (Å²) in [5.41, 5.74) is 3.18. The molecule has 2 aromatic carbocycles. The third-order valence-electron chi connectivity index (χ3n) is 10.2. The van der Waals surface area contributed by atoms with Crippen LogP contribution in [-0.4, -0.2) is 71.8 Å². The molecule has 38 heavy (non-hydrogen) atoms. The molecule has 2 saturated carbocycles. The van der Waals surface area contributed by atoms with Gasteiger partial charge in [-0.2, -0.15) is 0 Å². The molecule has 3 fully saturated rings. The van der Waals surface area contributed by atoms with Crippen LogP contribution in [0.15, 0.2) is 42.5 Å². The summed E-state index contributed by atoms with van der Waals surface area (Å²) in [7, 11) is 3.57.